The SMILES string of the molecule is Cc1nn(C)cc1C(=O)N1CC[C@H](Oc2ccc(Cl)cc2)[C@@H](CC(=O)N2CCOCC2)C1. The largest absolute Gasteiger partial charge is 0.490 e. The van der Waals surface area contributed by atoms with E-state index in [1.54, 1.807) is 30.1 Å². The van der Waals surface area contributed by atoms with Gasteiger partial charge in [0.15, 0.2) is 0 Å². The first-order chi connectivity index (χ1) is 15.4. The van der Waals surface area contributed by atoms with E-state index in [-0.39, 0.29) is 23.8 Å². The Hall–Kier alpha value is -2.58. The van der Waals surface area contributed by atoms with E-state index >= 15 is 0 Å². The van der Waals surface area contributed by atoms with Crippen LogP contribution in [0.25, 0.3) is 0 Å². The highest BCUT2D eigenvalue weighted by atomic mass is 35.5. The van der Waals surface area contributed by atoms with Gasteiger partial charge < -0.3 is 19.3 Å². The number of nitrogens with zero attached hydrogens (tertiary/aromatic N) is 4. The fourth-order valence-electron chi connectivity index (χ4n) is 4.38. The Morgan fingerprint density at radius 1 is 1.16 bits per heavy atom. The first kappa shape index (κ1) is 22.6. The zero-order valence-corrected chi connectivity index (χ0v) is 19.3. The lowest BCUT2D eigenvalue weighted by atomic mass is 9.90. The van der Waals surface area contributed by atoms with Crippen molar-refractivity contribution in [3.63, 3.8) is 0 Å². The number of benzene rings is 1. The lowest BCUT2D eigenvalue weighted by Crippen LogP contribution is -2.50. The van der Waals surface area contributed by atoms with Gasteiger partial charge in [-0.15, -0.1) is 0 Å². The van der Waals surface area contributed by atoms with Gasteiger partial charge in [-0.2, -0.15) is 5.10 Å². The van der Waals surface area contributed by atoms with Gasteiger partial charge in [0.25, 0.3) is 5.91 Å². The summed E-state index contributed by atoms with van der Waals surface area (Å²) in [7, 11) is 1.81. The summed E-state index contributed by atoms with van der Waals surface area (Å²) in [5.74, 6) is 0.626. The number of rotatable bonds is 5. The molecule has 0 bridgehead atoms. The molecule has 0 spiro atoms. The molecule has 1 aromatic heterocycles. The fraction of sp³-hybridized carbons (Fsp3) is 0.522. The molecule has 8 nitrogen and oxygen atoms in total. The summed E-state index contributed by atoms with van der Waals surface area (Å²) < 4.78 is 13.3. The van der Waals surface area contributed by atoms with E-state index in [9.17, 15) is 9.59 Å². The Bertz CT molecular complexity index is 955. The number of aromatic nitrogens is 2. The molecule has 2 aliphatic heterocycles. The van der Waals surface area contributed by atoms with Gasteiger partial charge in [0.05, 0.1) is 24.5 Å². The van der Waals surface area contributed by atoms with Crippen LogP contribution in [0, 0.1) is 12.8 Å². The molecule has 0 unspecified atom stereocenters. The number of ether oxygens (including phenoxy) is 2. The van der Waals surface area contributed by atoms with E-state index in [1.807, 2.05) is 28.9 Å². The molecular weight excluding hydrogens is 432 g/mol. The quantitative estimate of drug-likeness (QED) is 0.685. The number of hydrogen-bond donors (Lipinski definition) is 0. The summed E-state index contributed by atoms with van der Waals surface area (Å²) in [6, 6.07) is 7.24. The minimum Gasteiger partial charge on any atom is -0.490 e. The van der Waals surface area contributed by atoms with Crippen molar-refractivity contribution in [1.29, 1.82) is 0 Å². The van der Waals surface area contributed by atoms with Gasteiger partial charge in [0, 0.05) is 63.2 Å². The van der Waals surface area contributed by atoms with Crippen LogP contribution in [0.15, 0.2) is 30.5 Å². The number of piperidine rings is 1. The molecule has 2 saturated heterocycles. The Labute approximate surface area is 193 Å². The van der Waals surface area contributed by atoms with Gasteiger partial charge in [0.1, 0.15) is 11.9 Å². The van der Waals surface area contributed by atoms with Crippen molar-refractivity contribution < 1.29 is 19.1 Å². The third kappa shape index (κ3) is 5.24. The molecule has 0 saturated carbocycles. The van der Waals surface area contributed by atoms with Gasteiger partial charge in [-0.3, -0.25) is 14.3 Å². The van der Waals surface area contributed by atoms with E-state index in [2.05, 4.69) is 5.10 Å². The van der Waals surface area contributed by atoms with Crippen molar-refractivity contribution in [1.82, 2.24) is 19.6 Å². The molecular formula is C23H29ClN4O4. The maximum atomic E-state index is 13.2. The van der Waals surface area contributed by atoms with E-state index in [1.165, 1.54) is 0 Å². The summed E-state index contributed by atoms with van der Waals surface area (Å²) in [4.78, 5) is 29.8. The number of amides is 2. The second-order valence-corrected chi connectivity index (χ2v) is 8.85. The summed E-state index contributed by atoms with van der Waals surface area (Å²) in [6.07, 6.45) is 2.56. The molecule has 0 aliphatic carbocycles. The van der Waals surface area contributed by atoms with Gasteiger partial charge in [-0.05, 0) is 31.2 Å². The zero-order valence-electron chi connectivity index (χ0n) is 18.5. The standard InChI is InChI=1S/C23H29ClN4O4/c1-16-20(15-26(2)25-16)23(30)28-8-7-21(32-19-5-3-18(24)4-6-19)17(14-28)13-22(29)27-9-11-31-12-10-27/h3-6,15,17,21H,7-14H2,1-2H3/t17-,21-/m0/s1. The van der Waals surface area contributed by atoms with Crippen molar-refractivity contribution in [3.05, 3.63) is 46.7 Å². The van der Waals surface area contributed by atoms with Crippen LogP contribution in [-0.4, -0.2) is 76.9 Å². The van der Waals surface area contributed by atoms with Crippen molar-refractivity contribution in [3.8, 4) is 5.75 Å². The average Bonchev–Trinajstić information content (AvgIpc) is 3.14. The van der Waals surface area contributed by atoms with Gasteiger partial charge in [-0.25, -0.2) is 0 Å². The Morgan fingerprint density at radius 3 is 2.53 bits per heavy atom. The molecule has 4 rings (SSSR count). The Morgan fingerprint density at radius 2 is 1.88 bits per heavy atom. The van der Waals surface area contributed by atoms with Crippen LogP contribution in [0.1, 0.15) is 28.9 Å². The van der Waals surface area contributed by atoms with Crippen LogP contribution in [0.4, 0.5) is 0 Å². The smallest absolute Gasteiger partial charge is 0.257 e. The number of carbonyl (C=O) groups excluding carboxylic acids is 2. The molecule has 9 heteroatoms. The molecule has 0 radical (unpaired) electrons. The molecule has 2 atom stereocenters. The number of morpholine rings is 1. The molecule has 1 aromatic carbocycles. The topological polar surface area (TPSA) is 76.9 Å². The molecule has 0 N–H and O–H groups in total. The minimum atomic E-state index is -0.166. The van der Waals surface area contributed by atoms with Crippen LogP contribution in [0.2, 0.25) is 5.02 Å². The van der Waals surface area contributed by atoms with Gasteiger partial charge in [0.2, 0.25) is 5.91 Å². The Balaban J connectivity index is 1.49. The second kappa shape index (κ2) is 9.92. The summed E-state index contributed by atoms with van der Waals surface area (Å²) in [5.41, 5.74) is 1.31. The highest BCUT2D eigenvalue weighted by molar-refractivity contribution is 6.30. The maximum Gasteiger partial charge on any atom is 0.257 e. The molecule has 2 amide bonds. The van der Waals surface area contributed by atoms with Crippen molar-refractivity contribution in [2.75, 3.05) is 39.4 Å². The predicted molar refractivity (Wildman–Crippen MR) is 120 cm³/mol. The molecule has 172 valence electrons. The summed E-state index contributed by atoms with van der Waals surface area (Å²) >= 11 is 6.00. The number of aryl methyl sites for hydroxylation is 2. The van der Waals surface area contributed by atoms with E-state index in [4.69, 9.17) is 21.1 Å². The highest BCUT2D eigenvalue weighted by Gasteiger charge is 2.36. The van der Waals surface area contributed by atoms with Gasteiger partial charge >= 0.3 is 0 Å². The Kier molecular flexibility index (Phi) is 7.01. The van der Waals surface area contributed by atoms with Crippen LogP contribution < -0.4 is 4.74 Å². The maximum absolute atomic E-state index is 13.2. The van der Waals surface area contributed by atoms with Crippen molar-refractivity contribution in [2.45, 2.75) is 25.9 Å². The normalized spacial score (nSPS) is 21.5. The predicted octanol–water partition coefficient (Wildman–Crippen LogP) is 2.54. The summed E-state index contributed by atoms with van der Waals surface area (Å²) in [5, 5.41) is 4.94. The van der Waals surface area contributed by atoms with E-state index in [0.717, 1.165) is 0 Å². The number of hydrogen-bond acceptors (Lipinski definition) is 5. The molecule has 32 heavy (non-hydrogen) atoms. The first-order valence-corrected chi connectivity index (χ1v) is 11.4. The van der Waals surface area contributed by atoms with Crippen LogP contribution in [0.5, 0.6) is 5.75 Å². The third-order valence-electron chi connectivity index (χ3n) is 6.10. The molecule has 2 aromatic rings. The first-order valence-electron chi connectivity index (χ1n) is 11.0. The highest BCUT2D eigenvalue weighted by Crippen LogP contribution is 2.28. The monoisotopic (exact) mass is 460 g/mol. The second-order valence-electron chi connectivity index (χ2n) is 8.41. The van der Waals surface area contributed by atoms with E-state index < -0.39 is 0 Å². The van der Waals surface area contributed by atoms with E-state index in [0.29, 0.717) is 74.3 Å². The number of halogens is 1. The fourth-order valence-corrected chi connectivity index (χ4v) is 4.51. The molecule has 3 heterocycles. The van der Waals surface area contributed by atoms with Crippen LogP contribution >= 0.6 is 11.6 Å². The molecule has 2 fully saturated rings. The lowest BCUT2D eigenvalue weighted by Gasteiger charge is -2.39. The average molecular weight is 461 g/mol. The molecule has 2 aliphatic rings. The van der Waals surface area contributed by atoms with Crippen LogP contribution in [-0.2, 0) is 16.6 Å². The third-order valence-corrected chi connectivity index (χ3v) is 6.35. The van der Waals surface area contributed by atoms with Crippen LogP contribution in [0.3, 0.4) is 0 Å². The van der Waals surface area contributed by atoms with Crippen molar-refractivity contribution in [2.24, 2.45) is 13.0 Å². The lowest BCUT2D eigenvalue weighted by molar-refractivity contribution is -0.137. The number of likely N-dealkylation sites (tertiary alicyclic amines) is 1. The zero-order chi connectivity index (χ0) is 22.7. The minimum absolute atomic E-state index is 0.0515. The summed E-state index contributed by atoms with van der Waals surface area (Å²) in [6.45, 7) is 5.19. The number of carbonyl (C=O) groups is 2. The van der Waals surface area contributed by atoms with Crippen molar-refractivity contribution >= 4 is 23.4 Å². The van der Waals surface area contributed by atoms with Gasteiger partial charge in [-0.1, -0.05) is 11.6 Å².